The van der Waals surface area contributed by atoms with Crippen molar-refractivity contribution in [1.29, 1.82) is 0 Å². The molecule has 0 radical (unpaired) electrons. The van der Waals surface area contributed by atoms with E-state index in [1.165, 1.54) is 10.8 Å². The third kappa shape index (κ3) is 4.10. The molecule has 0 aliphatic rings. The number of hydrogen-bond acceptors (Lipinski definition) is 2. The predicted octanol–water partition coefficient (Wildman–Crippen LogP) is 9.78. The van der Waals surface area contributed by atoms with Gasteiger partial charge in [0.2, 0.25) is 0 Å². The van der Waals surface area contributed by atoms with Crippen molar-refractivity contribution in [1.82, 2.24) is 0 Å². The van der Waals surface area contributed by atoms with Crippen molar-refractivity contribution in [2.75, 3.05) is 9.80 Å². The zero-order chi connectivity index (χ0) is 24.2. The summed E-state index contributed by atoms with van der Waals surface area (Å²) in [6.07, 6.45) is 0. The standard InChI is InChI=1S/C34H26N2/c1-5-17-28(18-6-1)35(29-19-7-2-8-20-29)32-25-13-15-27-16-14-26-33(34(27)32)36(30-21-9-3-10-22-30)31-23-11-4-12-24-31/h1-26H. The van der Waals surface area contributed by atoms with Crippen molar-refractivity contribution in [3.63, 3.8) is 0 Å². The molecule has 0 bridgehead atoms. The van der Waals surface area contributed by atoms with Crippen LogP contribution in [0, 0.1) is 0 Å². The van der Waals surface area contributed by atoms with Gasteiger partial charge in [0.15, 0.2) is 0 Å². The Bertz CT molecular complexity index is 1370. The SMILES string of the molecule is c1ccc(N(c2ccccc2)c2cccc3cccc(N(c4ccccc4)c4ccccc4)c23)cc1. The van der Waals surface area contributed by atoms with Crippen molar-refractivity contribution < 1.29 is 0 Å². The van der Waals surface area contributed by atoms with E-state index in [2.05, 4.69) is 168 Å². The fourth-order valence-electron chi connectivity index (χ4n) is 4.84. The highest BCUT2D eigenvalue weighted by atomic mass is 15.2. The molecule has 2 heteroatoms. The minimum atomic E-state index is 1.12. The summed E-state index contributed by atoms with van der Waals surface area (Å²) >= 11 is 0. The fraction of sp³-hybridized carbons (Fsp3) is 0. The summed E-state index contributed by atoms with van der Waals surface area (Å²) in [5.74, 6) is 0. The molecule has 0 aromatic heterocycles. The van der Waals surface area contributed by atoms with Gasteiger partial charge >= 0.3 is 0 Å². The van der Waals surface area contributed by atoms with Crippen molar-refractivity contribution >= 4 is 44.9 Å². The third-order valence-electron chi connectivity index (χ3n) is 6.40. The van der Waals surface area contributed by atoms with Crippen LogP contribution >= 0.6 is 0 Å². The van der Waals surface area contributed by atoms with Crippen LogP contribution in [0.5, 0.6) is 0 Å². The van der Waals surface area contributed by atoms with E-state index in [0.717, 1.165) is 34.1 Å². The van der Waals surface area contributed by atoms with Gasteiger partial charge in [0.25, 0.3) is 0 Å². The predicted molar refractivity (Wildman–Crippen MR) is 153 cm³/mol. The Hall–Kier alpha value is -4.82. The molecule has 6 aromatic carbocycles. The molecule has 0 amide bonds. The van der Waals surface area contributed by atoms with Gasteiger partial charge in [-0.1, -0.05) is 97.1 Å². The number of anilines is 6. The number of benzene rings is 6. The molecule has 0 atom stereocenters. The lowest BCUT2D eigenvalue weighted by molar-refractivity contribution is 1.27. The molecule has 0 aliphatic heterocycles. The lowest BCUT2D eigenvalue weighted by atomic mass is 10.0. The van der Waals surface area contributed by atoms with E-state index in [-0.39, 0.29) is 0 Å². The van der Waals surface area contributed by atoms with Gasteiger partial charge in [-0.25, -0.2) is 0 Å². The Morgan fingerprint density at radius 1 is 0.278 bits per heavy atom. The molecule has 0 N–H and O–H groups in total. The van der Waals surface area contributed by atoms with Gasteiger partial charge in [0.1, 0.15) is 0 Å². The lowest BCUT2D eigenvalue weighted by Gasteiger charge is -2.31. The van der Waals surface area contributed by atoms with Gasteiger partial charge in [0.05, 0.1) is 11.4 Å². The fourth-order valence-corrected chi connectivity index (χ4v) is 4.84. The molecule has 0 spiro atoms. The number of rotatable bonds is 6. The summed E-state index contributed by atoms with van der Waals surface area (Å²) in [7, 11) is 0. The number of fused-ring (bicyclic) bond motifs is 1. The normalized spacial score (nSPS) is 10.8. The van der Waals surface area contributed by atoms with Crippen LogP contribution < -0.4 is 9.80 Å². The van der Waals surface area contributed by atoms with E-state index in [4.69, 9.17) is 0 Å². The van der Waals surface area contributed by atoms with Crippen molar-refractivity contribution in [3.05, 3.63) is 158 Å². The van der Waals surface area contributed by atoms with E-state index in [0.29, 0.717) is 0 Å². The molecule has 6 rings (SSSR count). The maximum absolute atomic E-state index is 2.35. The molecule has 0 aliphatic carbocycles. The molecule has 0 heterocycles. The first-order valence-electron chi connectivity index (χ1n) is 12.2. The second-order valence-electron chi connectivity index (χ2n) is 8.67. The Morgan fingerprint density at radius 2 is 0.583 bits per heavy atom. The van der Waals surface area contributed by atoms with E-state index in [1.54, 1.807) is 0 Å². The van der Waals surface area contributed by atoms with Crippen LogP contribution in [0.15, 0.2) is 158 Å². The van der Waals surface area contributed by atoms with Gasteiger partial charge in [-0.15, -0.1) is 0 Å². The summed E-state index contributed by atoms with van der Waals surface area (Å²) < 4.78 is 0. The largest absolute Gasteiger partial charge is 0.310 e. The molecule has 0 unspecified atom stereocenters. The Morgan fingerprint density at radius 3 is 0.889 bits per heavy atom. The minimum absolute atomic E-state index is 1.12. The number of para-hydroxylation sites is 4. The maximum Gasteiger partial charge on any atom is 0.0561 e. The molecule has 0 saturated heterocycles. The quantitative estimate of drug-likeness (QED) is 0.243. The van der Waals surface area contributed by atoms with Gasteiger partial charge in [-0.2, -0.15) is 0 Å². The second-order valence-corrected chi connectivity index (χ2v) is 8.67. The highest BCUT2D eigenvalue weighted by Crippen LogP contribution is 2.45. The van der Waals surface area contributed by atoms with Crippen molar-refractivity contribution in [2.24, 2.45) is 0 Å². The molecule has 2 nitrogen and oxygen atoms in total. The average molecular weight is 463 g/mol. The summed E-state index contributed by atoms with van der Waals surface area (Å²) in [6, 6.07) is 55.5. The second kappa shape index (κ2) is 9.81. The monoisotopic (exact) mass is 462 g/mol. The maximum atomic E-state index is 2.35. The summed E-state index contributed by atoms with van der Waals surface area (Å²) in [6.45, 7) is 0. The molecule has 0 saturated carbocycles. The molecular weight excluding hydrogens is 436 g/mol. The Balaban J connectivity index is 1.66. The number of nitrogens with zero attached hydrogens (tertiary/aromatic N) is 2. The van der Waals surface area contributed by atoms with E-state index in [9.17, 15) is 0 Å². The molecule has 0 fully saturated rings. The Labute approximate surface area is 212 Å². The van der Waals surface area contributed by atoms with Crippen LogP contribution in [0.25, 0.3) is 10.8 Å². The Kier molecular flexibility index (Phi) is 5.91. The summed E-state index contributed by atoms with van der Waals surface area (Å²) in [5, 5.41) is 2.39. The first kappa shape index (κ1) is 21.7. The first-order chi connectivity index (χ1) is 17.9. The van der Waals surface area contributed by atoms with Crippen LogP contribution in [-0.4, -0.2) is 0 Å². The van der Waals surface area contributed by atoms with Crippen molar-refractivity contribution in [3.8, 4) is 0 Å². The van der Waals surface area contributed by atoms with Gasteiger partial charge < -0.3 is 9.80 Å². The average Bonchev–Trinajstić information content (AvgIpc) is 2.96. The smallest absolute Gasteiger partial charge is 0.0561 e. The van der Waals surface area contributed by atoms with Crippen LogP contribution in [0.4, 0.5) is 34.1 Å². The topological polar surface area (TPSA) is 6.48 Å². The zero-order valence-corrected chi connectivity index (χ0v) is 19.9. The summed E-state index contributed by atoms with van der Waals surface area (Å²) in [5.41, 5.74) is 6.76. The highest BCUT2D eigenvalue weighted by Gasteiger charge is 2.21. The number of hydrogen-bond donors (Lipinski definition) is 0. The zero-order valence-electron chi connectivity index (χ0n) is 19.9. The van der Waals surface area contributed by atoms with Crippen molar-refractivity contribution in [2.45, 2.75) is 0 Å². The molecule has 36 heavy (non-hydrogen) atoms. The first-order valence-corrected chi connectivity index (χ1v) is 12.2. The van der Waals surface area contributed by atoms with E-state index < -0.39 is 0 Å². The van der Waals surface area contributed by atoms with Crippen LogP contribution in [0.2, 0.25) is 0 Å². The summed E-state index contributed by atoms with van der Waals surface area (Å²) in [4.78, 5) is 4.69. The molecule has 6 aromatic rings. The van der Waals surface area contributed by atoms with Crippen LogP contribution in [0.1, 0.15) is 0 Å². The molecular formula is C34H26N2. The third-order valence-corrected chi connectivity index (χ3v) is 6.40. The van der Waals surface area contributed by atoms with Gasteiger partial charge in [0, 0.05) is 28.1 Å². The highest BCUT2D eigenvalue weighted by molar-refractivity contribution is 6.08. The van der Waals surface area contributed by atoms with Gasteiger partial charge in [-0.05, 0) is 66.0 Å². The van der Waals surface area contributed by atoms with E-state index >= 15 is 0 Å². The van der Waals surface area contributed by atoms with E-state index in [1.807, 2.05) is 0 Å². The van der Waals surface area contributed by atoms with Crippen LogP contribution in [0.3, 0.4) is 0 Å². The van der Waals surface area contributed by atoms with Crippen LogP contribution in [-0.2, 0) is 0 Å². The lowest BCUT2D eigenvalue weighted by Crippen LogP contribution is -2.14. The van der Waals surface area contributed by atoms with Gasteiger partial charge in [-0.3, -0.25) is 0 Å². The minimum Gasteiger partial charge on any atom is -0.310 e. The molecule has 172 valence electrons.